The van der Waals surface area contributed by atoms with Crippen LogP contribution in [-0.2, 0) is 0 Å². The number of carbonyl (C=O) groups excluding carboxylic acids is 1. The Kier molecular flexibility index (Phi) is 4.73. The number of methoxy groups -OCH3 is 1. The van der Waals surface area contributed by atoms with Crippen molar-refractivity contribution in [3.63, 3.8) is 0 Å². The number of hydrogen-bond donors (Lipinski definition) is 1. The molecule has 0 aliphatic carbocycles. The van der Waals surface area contributed by atoms with E-state index in [1.165, 1.54) is 0 Å². The van der Waals surface area contributed by atoms with E-state index in [9.17, 15) is 4.79 Å². The SMILES string of the molecule is COc1cccc2c1-c1ccc([N+](C)(C)C(N)=O)cc1C(c1cccc(Cl)c1)O2. The first kappa shape index (κ1) is 19.3. The van der Waals surface area contributed by atoms with Crippen LogP contribution in [0.1, 0.15) is 17.2 Å². The van der Waals surface area contributed by atoms with Crippen molar-refractivity contribution in [1.82, 2.24) is 4.48 Å². The van der Waals surface area contributed by atoms with Crippen LogP contribution in [0.2, 0.25) is 5.02 Å². The van der Waals surface area contributed by atoms with E-state index in [4.69, 9.17) is 26.8 Å². The molecule has 6 heteroatoms. The second kappa shape index (κ2) is 7.10. The number of carbonyl (C=O) groups is 1. The lowest BCUT2D eigenvalue weighted by atomic mass is 9.88. The van der Waals surface area contributed by atoms with Crippen molar-refractivity contribution in [2.75, 3.05) is 21.2 Å². The molecule has 0 saturated heterocycles. The largest absolute Gasteiger partial charge is 0.496 e. The van der Waals surface area contributed by atoms with Gasteiger partial charge in [-0.3, -0.25) is 0 Å². The zero-order valence-corrected chi connectivity index (χ0v) is 17.2. The highest BCUT2D eigenvalue weighted by atomic mass is 35.5. The van der Waals surface area contributed by atoms with Crippen molar-refractivity contribution in [3.8, 4) is 22.6 Å². The molecule has 0 spiro atoms. The molecule has 3 aromatic carbocycles. The summed E-state index contributed by atoms with van der Waals surface area (Å²) in [6.45, 7) is 0. The molecule has 0 bridgehead atoms. The van der Waals surface area contributed by atoms with Gasteiger partial charge in [0.15, 0.2) is 0 Å². The van der Waals surface area contributed by atoms with Gasteiger partial charge in [0.1, 0.15) is 23.3 Å². The third-order valence-electron chi connectivity index (χ3n) is 5.39. The Morgan fingerprint density at radius 3 is 2.55 bits per heavy atom. The summed E-state index contributed by atoms with van der Waals surface area (Å²) >= 11 is 6.24. The minimum atomic E-state index is -0.445. The summed E-state index contributed by atoms with van der Waals surface area (Å²) in [6.07, 6.45) is -0.379. The fourth-order valence-corrected chi connectivity index (χ4v) is 3.82. The van der Waals surface area contributed by atoms with Crippen LogP contribution in [0, 0.1) is 0 Å². The molecule has 0 saturated carbocycles. The Balaban J connectivity index is 1.98. The van der Waals surface area contributed by atoms with Gasteiger partial charge in [-0.05, 0) is 41.5 Å². The lowest BCUT2D eigenvalue weighted by molar-refractivity contribution is 0.226. The Labute approximate surface area is 174 Å². The van der Waals surface area contributed by atoms with Crippen molar-refractivity contribution < 1.29 is 14.3 Å². The van der Waals surface area contributed by atoms with E-state index in [1.807, 2.05) is 60.7 Å². The second-order valence-electron chi connectivity index (χ2n) is 7.45. The second-order valence-corrected chi connectivity index (χ2v) is 7.89. The van der Waals surface area contributed by atoms with Gasteiger partial charge in [-0.15, -0.1) is 0 Å². The van der Waals surface area contributed by atoms with Crippen molar-refractivity contribution in [3.05, 3.63) is 76.8 Å². The van der Waals surface area contributed by atoms with Crippen molar-refractivity contribution in [2.45, 2.75) is 6.10 Å². The quantitative estimate of drug-likeness (QED) is 0.609. The molecule has 29 heavy (non-hydrogen) atoms. The predicted molar refractivity (Wildman–Crippen MR) is 116 cm³/mol. The van der Waals surface area contributed by atoms with Crippen LogP contribution in [0.4, 0.5) is 10.5 Å². The van der Waals surface area contributed by atoms with Crippen molar-refractivity contribution >= 4 is 23.3 Å². The molecule has 4 rings (SSSR count). The molecular weight excluding hydrogens is 388 g/mol. The minimum absolute atomic E-state index is 0.0751. The van der Waals surface area contributed by atoms with Crippen LogP contribution in [0.5, 0.6) is 11.5 Å². The normalized spacial score (nSPS) is 15.1. The summed E-state index contributed by atoms with van der Waals surface area (Å²) in [5.74, 6) is 1.46. The molecular formula is C23H22ClN2O3+. The van der Waals surface area contributed by atoms with E-state index >= 15 is 0 Å². The third-order valence-corrected chi connectivity index (χ3v) is 5.62. The third kappa shape index (κ3) is 3.22. The van der Waals surface area contributed by atoms with Crippen molar-refractivity contribution in [2.24, 2.45) is 5.73 Å². The highest BCUT2D eigenvalue weighted by Gasteiger charge is 2.34. The summed E-state index contributed by atoms with van der Waals surface area (Å²) in [6, 6.07) is 18.8. The first-order valence-electron chi connectivity index (χ1n) is 9.21. The molecule has 0 radical (unpaired) electrons. The first-order valence-corrected chi connectivity index (χ1v) is 9.58. The highest BCUT2D eigenvalue weighted by Crippen LogP contribution is 2.50. The number of primary amides is 1. The van der Waals surface area contributed by atoms with Gasteiger partial charge in [0, 0.05) is 22.7 Å². The maximum atomic E-state index is 12.0. The Hall–Kier alpha value is -3.02. The number of amides is 2. The Morgan fingerprint density at radius 1 is 1.10 bits per heavy atom. The van der Waals surface area contributed by atoms with Crippen LogP contribution in [0.15, 0.2) is 60.7 Å². The van der Waals surface area contributed by atoms with E-state index in [0.717, 1.165) is 39.4 Å². The number of nitrogens with two attached hydrogens (primary N) is 1. The van der Waals surface area contributed by atoms with Gasteiger partial charge in [0.2, 0.25) is 0 Å². The smallest absolute Gasteiger partial charge is 0.418 e. The number of quaternary nitrogens is 1. The van der Waals surface area contributed by atoms with Gasteiger partial charge in [-0.1, -0.05) is 29.8 Å². The first-order chi connectivity index (χ1) is 13.8. The zero-order chi connectivity index (χ0) is 20.8. The van der Waals surface area contributed by atoms with Crippen LogP contribution in [-0.4, -0.2) is 27.2 Å². The molecule has 3 aromatic rings. The number of nitrogens with zero attached hydrogens (tertiary/aromatic N) is 1. The van der Waals surface area contributed by atoms with Crippen molar-refractivity contribution in [1.29, 1.82) is 0 Å². The fourth-order valence-electron chi connectivity index (χ4n) is 3.62. The number of halogens is 1. The standard InChI is InChI=1S/C23H21ClN2O3/c1-26(2,23(25)27)16-10-11-17-18(13-16)22(14-6-4-7-15(24)12-14)29-20-9-5-8-19(28-3)21(17)20/h4-13,22H,1-3H3,(H-,25,27)/p+1. The summed E-state index contributed by atoms with van der Waals surface area (Å²) < 4.78 is 11.9. The van der Waals surface area contributed by atoms with Gasteiger partial charge < -0.3 is 15.2 Å². The number of urea groups is 1. The Morgan fingerprint density at radius 2 is 1.86 bits per heavy atom. The van der Waals surface area contributed by atoms with Crippen LogP contribution in [0.25, 0.3) is 11.1 Å². The molecule has 1 unspecified atom stereocenters. The van der Waals surface area contributed by atoms with Gasteiger partial charge >= 0.3 is 6.03 Å². The van der Waals surface area contributed by atoms with Crippen LogP contribution >= 0.6 is 11.6 Å². The lowest BCUT2D eigenvalue weighted by Gasteiger charge is -2.32. The summed E-state index contributed by atoms with van der Waals surface area (Å²) in [5, 5.41) is 0.633. The average molecular weight is 410 g/mol. The maximum absolute atomic E-state index is 12.0. The van der Waals surface area contributed by atoms with E-state index in [2.05, 4.69) is 0 Å². The molecule has 2 N–H and O–H groups in total. The fraction of sp³-hybridized carbons (Fsp3) is 0.174. The van der Waals surface area contributed by atoms with E-state index in [-0.39, 0.29) is 10.6 Å². The number of rotatable bonds is 3. The minimum Gasteiger partial charge on any atom is -0.496 e. The summed E-state index contributed by atoms with van der Waals surface area (Å²) in [7, 11) is 5.16. The number of benzene rings is 3. The molecule has 148 valence electrons. The zero-order valence-electron chi connectivity index (χ0n) is 16.5. The molecule has 1 heterocycles. The number of hydrogen-bond acceptors (Lipinski definition) is 3. The monoisotopic (exact) mass is 409 g/mol. The van der Waals surface area contributed by atoms with Gasteiger partial charge in [0.05, 0.1) is 26.8 Å². The van der Waals surface area contributed by atoms with E-state index in [1.54, 1.807) is 21.2 Å². The maximum Gasteiger partial charge on any atom is 0.418 e. The van der Waals surface area contributed by atoms with Crippen LogP contribution < -0.4 is 19.7 Å². The molecule has 1 atom stereocenters. The lowest BCUT2D eigenvalue weighted by Crippen LogP contribution is -2.50. The summed E-state index contributed by atoms with van der Waals surface area (Å²) in [5.41, 5.74) is 10.1. The van der Waals surface area contributed by atoms with Crippen LogP contribution in [0.3, 0.4) is 0 Å². The predicted octanol–water partition coefficient (Wildman–Crippen LogP) is 5.14. The topological polar surface area (TPSA) is 61.5 Å². The van der Waals surface area contributed by atoms with E-state index < -0.39 is 6.03 Å². The van der Waals surface area contributed by atoms with Gasteiger partial charge in [0.25, 0.3) is 0 Å². The van der Waals surface area contributed by atoms with E-state index in [0.29, 0.717) is 5.02 Å². The molecule has 5 nitrogen and oxygen atoms in total. The molecule has 0 fully saturated rings. The molecule has 1 aliphatic heterocycles. The Bertz CT molecular complexity index is 1110. The number of ether oxygens (including phenoxy) is 2. The molecule has 1 aliphatic rings. The summed E-state index contributed by atoms with van der Waals surface area (Å²) in [4.78, 5) is 12.0. The highest BCUT2D eigenvalue weighted by molar-refractivity contribution is 6.30. The van der Waals surface area contributed by atoms with Gasteiger partial charge in [-0.2, -0.15) is 0 Å². The molecule has 0 aromatic heterocycles. The average Bonchev–Trinajstić information content (AvgIpc) is 2.72. The molecule has 2 amide bonds. The number of fused-ring (bicyclic) bond motifs is 3. The van der Waals surface area contributed by atoms with Gasteiger partial charge in [-0.25, -0.2) is 9.28 Å².